The summed E-state index contributed by atoms with van der Waals surface area (Å²) in [6.07, 6.45) is 3.45. The molecule has 0 unspecified atom stereocenters. The van der Waals surface area contributed by atoms with Crippen LogP contribution in [0.5, 0.6) is 11.5 Å². The Morgan fingerprint density at radius 3 is 2.46 bits per heavy atom. The maximum atomic E-state index is 5.87. The van der Waals surface area contributed by atoms with Crippen molar-refractivity contribution in [3.8, 4) is 11.5 Å². The van der Waals surface area contributed by atoms with Gasteiger partial charge in [-0.1, -0.05) is 46.9 Å². The standard InChI is InChI=1S/C18H16BrCl3O2/c19-16-12-15(23-11-9-18(21)22)7-8-17(16)24-10-1-2-13-3-5-14(20)6-4-13/h3-9,12H,1-2,10-11H2. The Bertz CT molecular complexity index is 683. The van der Waals surface area contributed by atoms with E-state index in [0.717, 1.165) is 28.1 Å². The van der Waals surface area contributed by atoms with E-state index in [9.17, 15) is 0 Å². The third-order valence-electron chi connectivity index (χ3n) is 3.17. The molecule has 128 valence electrons. The molecule has 2 aromatic rings. The minimum atomic E-state index is 0.190. The van der Waals surface area contributed by atoms with Crippen molar-refractivity contribution < 1.29 is 9.47 Å². The molecule has 0 aliphatic carbocycles. The summed E-state index contributed by atoms with van der Waals surface area (Å²) in [6.45, 7) is 0.947. The first-order valence-electron chi connectivity index (χ1n) is 7.35. The van der Waals surface area contributed by atoms with Crippen molar-refractivity contribution in [3.05, 3.63) is 68.1 Å². The van der Waals surface area contributed by atoms with Gasteiger partial charge in [-0.2, -0.15) is 0 Å². The molecule has 0 amide bonds. The fourth-order valence-electron chi connectivity index (χ4n) is 2.00. The number of benzene rings is 2. The molecule has 0 radical (unpaired) electrons. The molecule has 0 bridgehead atoms. The molecule has 24 heavy (non-hydrogen) atoms. The Hall–Kier alpha value is -0.870. The van der Waals surface area contributed by atoms with E-state index in [-0.39, 0.29) is 4.49 Å². The van der Waals surface area contributed by atoms with Crippen molar-refractivity contribution in [2.75, 3.05) is 13.2 Å². The molecule has 0 fully saturated rings. The van der Waals surface area contributed by atoms with Gasteiger partial charge in [-0.25, -0.2) is 0 Å². The number of aryl methyl sites for hydroxylation is 1. The Morgan fingerprint density at radius 1 is 1.04 bits per heavy atom. The first-order valence-corrected chi connectivity index (χ1v) is 9.28. The second-order valence-electron chi connectivity index (χ2n) is 4.98. The van der Waals surface area contributed by atoms with Crippen molar-refractivity contribution in [1.82, 2.24) is 0 Å². The van der Waals surface area contributed by atoms with Crippen molar-refractivity contribution in [2.45, 2.75) is 12.8 Å². The first-order chi connectivity index (χ1) is 11.5. The molecular formula is C18H16BrCl3O2. The van der Waals surface area contributed by atoms with Crippen molar-refractivity contribution >= 4 is 50.7 Å². The van der Waals surface area contributed by atoms with Crippen molar-refractivity contribution in [3.63, 3.8) is 0 Å². The quantitative estimate of drug-likeness (QED) is 0.411. The molecule has 0 aliphatic heterocycles. The summed E-state index contributed by atoms with van der Waals surface area (Å²) in [6, 6.07) is 13.4. The van der Waals surface area contributed by atoms with Gasteiger partial charge in [0.05, 0.1) is 11.1 Å². The van der Waals surface area contributed by atoms with Gasteiger partial charge in [0.15, 0.2) is 0 Å². The molecule has 0 aromatic heterocycles. The van der Waals surface area contributed by atoms with Crippen LogP contribution in [0.1, 0.15) is 12.0 Å². The minimum Gasteiger partial charge on any atom is -0.492 e. The lowest BCUT2D eigenvalue weighted by molar-refractivity contribution is 0.307. The zero-order chi connectivity index (χ0) is 17.4. The highest BCUT2D eigenvalue weighted by molar-refractivity contribution is 9.10. The van der Waals surface area contributed by atoms with E-state index in [2.05, 4.69) is 15.9 Å². The van der Waals surface area contributed by atoms with Gasteiger partial charge in [0, 0.05) is 5.02 Å². The van der Waals surface area contributed by atoms with Crippen LogP contribution in [-0.2, 0) is 6.42 Å². The van der Waals surface area contributed by atoms with Crippen molar-refractivity contribution in [1.29, 1.82) is 0 Å². The zero-order valence-electron chi connectivity index (χ0n) is 12.8. The number of rotatable bonds is 8. The van der Waals surface area contributed by atoms with Gasteiger partial charge in [-0.15, -0.1) is 0 Å². The molecule has 0 saturated heterocycles. The van der Waals surface area contributed by atoms with E-state index in [1.165, 1.54) is 5.56 Å². The Kier molecular flexibility index (Phi) is 8.26. The molecule has 0 N–H and O–H groups in total. The molecule has 2 aromatic carbocycles. The predicted octanol–water partition coefficient (Wildman–Crippen LogP) is 6.81. The van der Waals surface area contributed by atoms with Crippen LogP contribution in [0.25, 0.3) is 0 Å². The summed E-state index contributed by atoms with van der Waals surface area (Å²) < 4.78 is 12.3. The van der Waals surface area contributed by atoms with E-state index in [4.69, 9.17) is 44.3 Å². The molecule has 0 heterocycles. The SMILES string of the molecule is ClC(Cl)=CCOc1ccc(OCCCc2ccc(Cl)cc2)c(Br)c1. The second-order valence-corrected chi connectivity index (χ2v) is 7.27. The first kappa shape index (κ1) is 19.5. The Labute approximate surface area is 165 Å². The third-order valence-corrected chi connectivity index (χ3v) is 4.35. The molecule has 2 rings (SSSR count). The summed E-state index contributed by atoms with van der Waals surface area (Å²) in [5.41, 5.74) is 1.25. The number of hydrogen-bond donors (Lipinski definition) is 0. The fraction of sp³-hybridized carbons (Fsp3) is 0.222. The lowest BCUT2D eigenvalue weighted by atomic mass is 10.1. The summed E-state index contributed by atoms with van der Waals surface area (Å²) in [7, 11) is 0. The van der Waals surface area contributed by atoms with Gasteiger partial charge in [0.1, 0.15) is 22.6 Å². The highest BCUT2D eigenvalue weighted by atomic mass is 79.9. The van der Waals surface area contributed by atoms with Crippen LogP contribution in [-0.4, -0.2) is 13.2 Å². The van der Waals surface area contributed by atoms with E-state index in [0.29, 0.717) is 19.0 Å². The maximum absolute atomic E-state index is 5.87. The summed E-state index contributed by atoms with van der Waals surface area (Å²) in [5, 5.41) is 0.755. The Balaban J connectivity index is 1.78. The molecule has 6 heteroatoms. The van der Waals surface area contributed by atoms with Crippen LogP contribution in [0, 0.1) is 0 Å². The molecule has 2 nitrogen and oxygen atoms in total. The monoisotopic (exact) mass is 448 g/mol. The number of halogens is 4. The van der Waals surface area contributed by atoms with Gasteiger partial charge in [-0.3, -0.25) is 0 Å². The van der Waals surface area contributed by atoms with Gasteiger partial charge in [0.25, 0.3) is 0 Å². The lowest BCUT2D eigenvalue weighted by Crippen LogP contribution is -2.00. The van der Waals surface area contributed by atoms with E-state index < -0.39 is 0 Å². The highest BCUT2D eigenvalue weighted by Gasteiger charge is 2.04. The van der Waals surface area contributed by atoms with Crippen LogP contribution in [0.2, 0.25) is 5.02 Å². The van der Waals surface area contributed by atoms with Gasteiger partial charge >= 0.3 is 0 Å². The average molecular weight is 451 g/mol. The van der Waals surface area contributed by atoms with Gasteiger partial charge < -0.3 is 9.47 Å². The van der Waals surface area contributed by atoms with E-state index in [1.807, 2.05) is 42.5 Å². The predicted molar refractivity (Wildman–Crippen MR) is 105 cm³/mol. The van der Waals surface area contributed by atoms with Crippen LogP contribution >= 0.6 is 50.7 Å². The lowest BCUT2D eigenvalue weighted by Gasteiger charge is -2.10. The second kappa shape index (κ2) is 10.2. The molecule has 0 atom stereocenters. The largest absolute Gasteiger partial charge is 0.492 e. The summed E-state index contributed by atoms with van der Waals surface area (Å²) in [4.78, 5) is 0. The smallest absolute Gasteiger partial charge is 0.133 e. The third kappa shape index (κ3) is 6.94. The summed E-state index contributed by atoms with van der Waals surface area (Å²) >= 11 is 20.4. The highest BCUT2D eigenvalue weighted by Crippen LogP contribution is 2.29. The maximum Gasteiger partial charge on any atom is 0.133 e. The molecule has 0 spiro atoms. The fourth-order valence-corrected chi connectivity index (χ4v) is 2.72. The summed E-state index contributed by atoms with van der Waals surface area (Å²) in [5.74, 6) is 1.49. The van der Waals surface area contributed by atoms with Crippen LogP contribution < -0.4 is 9.47 Å². The molecule has 0 aliphatic rings. The van der Waals surface area contributed by atoms with Crippen LogP contribution in [0.4, 0.5) is 0 Å². The van der Waals surface area contributed by atoms with Crippen LogP contribution in [0.15, 0.2) is 57.5 Å². The molecular weight excluding hydrogens is 434 g/mol. The Morgan fingerprint density at radius 2 is 1.79 bits per heavy atom. The number of ether oxygens (including phenoxy) is 2. The normalized spacial score (nSPS) is 10.3. The van der Waals surface area contributed by atoms with Gasteiger partial charge in [-0.05, 0) is 70.7 Å². The topological polar surface area (TPSA) is 18.5 Å². The zero-order valence-corrected chi connectivity index (χ0v) is 16.6. The minimum absolute atomic E-state index is 0.190. The van der Waals surface area contributed by atoms with E-state index >= 15 is 0 Å². The van der Waals surface area contributed by atoms with Crippen LogP contribution in [0.3, 0.4) is 0 Å². The van der Waals surface area contributed by atoms with Gasteiger partial charge in [0.2, 0.25) is 0 Å². The van der Waals surface area contributed by atoms with Crippen molar-refractivity contribution in [2.24, 2.45) is 0 Å². The number of hydrogen-bond acceptors (Lipinski definition) is 2. The molecule has 0 saturated carbocycles. The van der Waals surface area contributed by atoms with E-state index in [1.54, 1.807) is 6.08 Å². The average Bonchev–Trinajstić information content (AvgIpc) is 2.54.